The number of benzene rings is 3. The molecule has 0 aliphatic rings. The molecular weight excluding hydrogens is 366 g/mol. The minimum absolute atomic E-state index is 0.251. The van der Waals surface area contributed by atoms with Crippen LogP contribution in [-0.2, 0) is 5.54 Å². The standard InChI is InChI=1S/C24H25NO4/c1-24(18-11-7-5-8-12-18,19-13-9-6-10-14-19)25-23(26)17-15-20(27-2)22(29-4)21(16-17)28-3/h5-16H,1-4H3,(H,25,26). The number of hydrogen-bond acceptors (Lipinski definition) is 4. The number of nitrogens with one attached hydrogen (secondary N) is 1. The van der Waals surface area contributed by atoms with Crippen LogP contribution < -0.4 is 19.5 Å². The molecule has 0 aliphatic heterocycles. The monoisotopic (exact) mass is 391 g/mol. The highest BCUT2D eigenvalue weighted by molar-refractivity contribution is 5.96. The van der Waals surface area contributed by atoms with Crippen molar-refractivity contribution in [3.63, 3.8) is 0 Å². The van der Waals surface area contributed by atoms with Crippen molar-refractivity contribution in [2.75, 3.05) is 21.3 Å². The Morgan fingerprint density at radius 2 is 1.21 bits per heavy atom. The average molecular weight is 391 g/mol. The van der Waals surface area contributed by atoms with Crippen LogP contribution in [0, 0.1) is 0 Å². The van der Waals surface area contributed by atoms with Crippen molar-refractivity contribution in [3.05, 3.63) is 89.5 Å². The molecule has 1 N–H and O–H groups in total. The van der Waals surface area contributed by atoms with Crippen LogP contribution in [0.4, 0.5) is 0 Å². The molecule has 0 aliphatic carbocycles. The van der Waals surface area contributed by atoms with Crippen molar-refractivity contribution in [2.45, 2.75) is 12.5 Å². The fourth-order valence-corrected chi connectivity index (χ4v) is 3.37. The third-order valence-corrected chi connectivity index (χ3v) is 4.99. The Kier molecular flexibility index (Phi) is 6.07. The third-order valence-electron chi connectivity index (χ3n) is 4.99. The Bertz CT molecular complexity index is 906. The van der Waals surface area contributed by atoms with E-state index in [2.05, 4.69) is 5.32 Å². The summed E-state index contributed by atoms with van der Waals surface area (Å²) in [6.07, 6.45) is 0. The summed E-state index contributed by atoms with van der Waals surface area (Å²) in [7, 11) is 4.58. The van der Waals surface area contributed by atoms with Gasteiger partial charge in [-0.25, -0.2) is 0 Å². The first-order chi connectivity index (χ1) is 14.0. The van der Waals surface area contributed by atoms with Gasteiger partial charge in [0.25, 0.3) is 5.91 Å². The van der Waals surface area contributed by atoms with Crippen LogP contribution in [-0.4, -0.2) is 27.2 Å². The van der Waals surface area contributed by atoms with Crippen molar-refractivity contribution in [1.82, 2.24) is 5.32 Å². The number of amides is 1. The van der Waals surface area contributed by atoms with E-state index >= 15 is 0 Å². The van der Waals surface area contributed by atoms with Crippen molar-refractivity contribution >= 4 is 5.91 Å². The molecule has 150 valence electrons. The van der Waals surface area contributed by atoms with Gasteiger partial charge in [-0.1, -0.05) is 60.7 Å². The van der Waals surface area contributed by atoms with Gasteiger partial charge in [-0.2, -0.15) is 0 Å². The number of methoxy groups -OCH3 is 3. The van der Waals surface area contributed by atoms with Gasteiger partial charge in [-0.05, 0) is 30.2 Å². The van der Waals surface area contributed by atoms with Crippen molar-refractivity contribution in [3.8, 4) is 17.2 Å². The lowest BCUT2D eigenvalue weighted by Crippen LogP contribution is -2.44. The molecule has 0 atom stereocenters. The number of carbonyl (C=O) groups is 1. The van der Waals surface area contributed by atoms with Gasteiger partial charge in [0.15, 0.2) is 11.5 Å². The summed E-state index contributed by atoms with van der Waals surface area (Å²) in [5.74, 6) is 1.05. The first kappa shape index (κ1) is 20.3. The normalized spacial score (nSPS) is 10.9. The lowest BCUT2D eigenvalue weighted by atomic mass is 9.84. The smallest absolute Gasteiger partial charge is 0.252 e. The van der Waals surface area contributed by atoms with E-state index in [0.717, 1.165) is 11.1 Å². The fourth-order valence-electron chi connectivity index (χ4n) is 3.37. The maximum atomic E-state index is 13.3. The van der Waals surface area contributed by atoms with E-state index in [9.17, 15) is 4.79 Å². The summed E-state index contributed by atoms with van der Waals surface area (Å²) in [6, 6.07) is 23.1. The van der Waals surface area contributed by atoms with Gasteiger partial charge in [-0.3, -0.25) is 4.79 Å². The highest BCUT2D eigenvalue weighted by atomic mass is 16.5. The molecule has 0 aromatic heterocycles. The zero-order valence-corrected chi connectivity index (χ0v) is 17.1. The summed E-state index contributed by atoms with van der Waals surface area (Å²) in [5, 5.41) is 3.19. The van der Waals surface area contributed by atoms with Gasteiger partial charge >= 0.3 is 0 Å². The summed E-state index contributed by atoms with van der Waals surface area (Å²) >= 11 is 0. The second-order valence-corrected chi connectivity index (χ2v) is 6.73. The lowest BCUT2D eigenvalue weighted by Gasteiger charge is -2.32. The van der Waals surface area contributed by atoms with Crippen LogP contribution >= 0.6 is 0 Å². The molecule has 3 rings (SSSR count). The Morgan fingerprint density at radius 1 is 0.759 bits per heavy atom. The molecule has 0 radical (unpaired) electrons. The Balaban J connectivity index is 2.04. The fraction of sp³-hybridized carbons (Fsp3) is 0.208. The molecular formula is C24H25NO4. The van der Waals surface area contributed by atoms with Crippen LogP contribution in [0.1, 0.15) is 28.4 Å². The molecule has 3 aromatic rings. The molecule has 0 bridgehead atoms. The molecule has 5 nitrogen and oxygen atoms in total. The second kappa shape index (κ2) is 8.69. The van der Waals surface area contributed by atoms with Gasteiger partial charge in [-0.15, -0.1) is 0 Å². The minimum atomic E-state index is -0.722. The van der Waals surface area contributed by atoms with Crippen LogP contribution in [0.3, 0.4) is 0 Å². The topological polar surface area (TPSA) is 56.8 Å². The van der Waals surface area contributed by atoms with E-state index in [4.69, 9.17) is 14.2 Å². The number of hydrogen-bond donors (Lipinski definition) is 1. The van der Waals surface area contributed by atoms with E-state index in [-0.39, 0.29) is 5.91 Å². The van der Waals surface area contributed by atoms with E-state index < -0.39 is 5.54 Å². The molecule has 1 amide bonds. The molecule has 0 unspecified atom stereocenters. The summed E-state index contributed by atoms with van der Waals surface area (Å²) in [5.41, 5.74) is 1.65. The second-order valence-electron chi connectivity index (χ2n) is 6.73. The highest BCUT2D eigenvalue weighted by Crippen LogP contribution is 2.38. The first-order valence-corrected chi connectivity index (χ1v) is 9.27. The molecule has 0 fully saturated rings. The quantitative estimate of drug-likeness (QED) is 0.648. The molecule has 0 heterocycles. The van der Waals surface area contributed by atoms with Crippen molar-refractivity contribution < 1.29 is 19.0 Å². The molecule has 0 spiro atoms. The number of carbonyl (C=O) groups excluding carboxylic acids is 1. The molecule has 29 heavy (non-hydrogen) atoms. The van der Waals surface area contributed by atoms with E-state index in [0.29, 0.717) is 22.8 Å². The zero-order valence-electron chi connectivity index (χ0n) is 17.1. The van der Waals surface area contributed by atoms with Gasteiger partial charge in [0.2, 0.25) is 5.75 Å². The maximum absolute atomic E-state index is 13.3. The number of rotatable bonds is 7. The molecule has 0 saturated heterocycles. The van der Waals surface area contributed by atoms with Crippen LogP contribution in [0.5, 0.6) is 17.2 Å². The van der Waals surface area contributed by atoms with Crippen LogP contribution in [0.15, 0.2) is 72.8 Å². The lowest BCUT2D eigenvalue weighted by molar-refractivity contribution is 0.0918. The van der Waals surface area contributed by atoms with E-state index in [1.807, 2.05) is 67.6 Å². The van der Waals surface area contributed by atoms with Crippen LogP contribution in [0.25, 0.3) is 0 Å². The number of ether oxygens (including phenoxy) is 3. The Labute approximate surface area is 171 Å². The van der Waals surface area contributed by atoms with Gasteiger partial charge in [0, 0.05) is 5.56 Å². The van der Waals surface area contributed by atoms with Gasteiger partial charge in [0.05, 0.1) is 26.9 Å². The summed E-state index contributed by atoms with van der Waals surface area (Å²) in [4.78, 5) is 13.3. The van der Waals surface area contributed by atoms with Gasteiger partial charge < -0.3 is 19.5 Å². The predicted octanol–water partition coefficient (Wildman–Crippen LogP) is 4.41. The van der Waals surface area contributed by atoms with Crippen LogP contribution in [0.2, 0.25) is 0 Å². The Morgan fingerprint density at radius 3 is 1.59 bits per heavy atom. The minimum Gasteiger partial charge on any atom is -0.493 e. The summed E-state index contributed by atoms with van der Waals surface area (Å²) < 4.78 is 16.1. The predicted molar refractivity (Wildman–Crippen MR) is 113 cm³/mol. The van der Waals surface area contributed by atoms with E-state index in [1.54, 1.807) is 12.1 Å². The largest absolute Gasteiger partial charge is 0.493 e. The van der Waals surface area contributed by atoms with E-state index in [1.165, 1.54) is 21.3 Å². The zero-order chi connectivity index (χ0) is 20.9. The van der Waals surface area contributed by atoms with Crippen molar-refractivity contribution in [2.24, 2.45) is 0 Å². The Hall–Kier alpha value is -3.47. The molecule has 3 aromatic carbocycles. The molecule has 0 saturated carbocycles. The van der Waals surface area contributed by atoms with Crippen molar-refractivity contribution in [1.29, 1.82) is 0 Å². The third kappa shape index (κ3) is 4.04. The maximum Gasteiger partial charge on any atom is 0.252 e. The summed E-state index contributed by atoms with van der Waals surface area (Å²) in [6.45, 7) is 1.99. The molecule has 5 heteroatoms. The highest BCUT2D eigenvalue weighted by Gasteiger charge is 2.31. The van der Waals surface area contributed by atoms with Gasteiger partial charge in [0.1, 0.15) is 0 Å². The first-order valence-electron chi connectivity index (χ1n) is 9.27. The average Bonchev–Trinajstić information content (AvgIpc) is 2.78. The SMILES string of the molecule is COc1cc(C(=O)NC(C)(c2ccccc2)c2ccccc2)cc(OC)c1OC.